The molecule has 0 aromatic heterocycles. The predicted molar refractivity (Wildman–Crippen MR) is 82.1 cm³/mol. The average molecular weight is 339 g/mol. The number of hydrogen-bond donors (Lipinski definition) is 1. The third-order valence-electron chi connectivity index (χ3n) is 2.81. The Morgan fingerprint density at radius 1 is 1.22 bits per heavy atom. The zero-order valence-corrected chi connectivity index (χ0v) is 12.2. The maximum absolute atomic E-state index is 13.4. The van der Waals surface area contributed by atoms with Crippen LogP contribution in [-0.2, 0) is 4.79 Å². The van der Waals surface area contributed by atoms with Gasteiger partial charge in [-0.15, -0.1) is 0 Å². The quantitative estimate of drug-likeness (QED) is 0.516. The van der Waals surface area contributed by atoms with E-state index in [9.17, 15) is 23.7 Å². The van der Waals surface area contributed by atoms with Crippen molar-refractivity contribution in [2.45, 2.75) is 0 Å². The van der Waals surface area contributed by atoms with Crippen LogP contribution in [0.1, 0.15) is 5.56 Å². The van der Waals surface area contributed by atoms with Crippen LogP contribution in [0.5, 0.6) is 0 Å². The van der Waals surface area contributed by atoms with E-state index in [1.54, 1.807) is 0 Å². The van der Waals surface area contributed by atoms with Crippen molar-refractivity contribution >= 4 is 35.0 Å². The molecular weight excluding hydrogens is 330 g/mol. The molecule has 0 saturated heterocycles. The SMILES string of the molecule is O=C(C=Cc1ccc(Cl)c([N+](=O)[O-])c1)Nc1c(F)cccc1F. The molecule has 5 nitrogen and oxygen atoms in total. The van der Waals surface area contributed by atoms with Crippen LogP contribution in [0.15, 0.2) is 42.5 Å². The van der Waals surface area contributed by atoms with E-state index in [-0.39, 0.29) is 10.7 Å². The van der Waals surface area contributed by atoms with Crippen LogP contribution < -0.4 is 5.32 Å². The number of carbonyl (C=O) groups is 1. The van der Waals surface area contributed by atoms with Gasteiger partial charge in [0.1, 0.15) is 22.3 Å². The van der Waals surface area contributed by atoms with Gasteiger partial charge < -0.3 is 5.32 Å². The minimum absolute atomic E-state index is 0.0370. The summed E-state index contributed by atoms with van der Waals surface area (Å²) in [6, 6.07) is 7.13. The van der Waals surface area contributed by atoms with Crippen LogP contribution in [0.25, 0.3) is 6.08 Å². The second kappa shape index (κ2) is 6.97. The first-order chi connectivity index (χ1) is 10.9. The smallest absolute Gasteiger partial charge is 0.288 e. The number of benzene rings is 2. The molecule has 0 aliphatic heterocycles. The average Bonchev–Trinajstić information content (AvgIpc) is 2.50. The molecule has 0 aliphatic carbocycles. The molecule has 1 N–H and O–H groups in total. The van der Waals surface area contributed by atoms with E-state index in [0.29, 0.717) is 5.56 Å². The fourth-order valence-electron chi connectivity index (χ4n) is 1.73. The minimum atomic E-state index is -0.908. The third-order valence-corrected chi connectivity index (χ3v) is 3.12. The third kappa shape index (κ3) is 4.10. The van der Waals surface area contributed by atoms with E-state index in [0.717, 1.165) is 18.2 Å². The Balaban J connectivity index is 2.16. The zero-order valence-electron chi connectivity index (χ0n) is 11.4. The van der Waals surface area contributed by atoms with Crippen molar-refractivity contribution in [2.75, 3.05) is 5.32 Å². The highest BCUT2D eigenvalue weighted by molar-refractivity contribution is 6.32. The Morgan fingerprint density at radius 2 is 1.87 bits per heavy atom. The molecule has 0 heterocycles. The van der Waals surface area contributed by atoms with E-state index in [1.807, 2.05) is 0 Å². The van der Waals surface area contributed by atoms with Gasteiger partial charge in [-0.3, -0.25) is 14.9 Å². The number of nitro benzene ring substituents is 1. The Hall–Kier alpha value is -2.80. The number of rotatable bonds is 4. The standard InChI is InChI=1S/C15H9ClF2N2O3/c16-10-6-4-9(8-13(10)20(22)23)5-7-14(21)19-15-11(17)2-1-3-12(15)18/h1-8H,(H,19,21). The molecule has 23 heavy (non-hydrogen) atoms. The number of amides is 1. The molecule has 2 aromatic carbocycles. The summed E-state index contributed by atoms with van der Waals surface area (Å²) in [5, 5.41) is 12.8. The number of halogens is 3. The largest absolute Gasteiger partial charge is 0.318 e. The number of nitrogens with one attached hydrogen (secondary N) is 1. The van der Waals surface area contributed by atoms with Gasteiger partial charge in [0.15, 0.2) is 0 Å². The first-order valence-corrected chi connectivity index (χ1v) is 6.63. The van der Waals surface area contributed by atoms with Gasteiger partial charge in [-0.25, -0.2) is 8.78 Å². The summed E-state index contributed by atoms with van der Waals surface area (Å²) in [4.78, 5) is 21.8. The second-order valence-electron chi connectivity index (χ2n) is 4.39. The molecular formula is C15H9ClF2N2O3. The molecule has 118 valence electrons. The summed E-state index contributed by atoms with van der Waals surface area (Å²) in [6.07, 6.45) is 2.26. The van der Waals surface area contributed by atoms with Crippen molar-refractivity contribution in [3.8, 4) is 0 Å². The van der Waals surface area contributed by atoms with Gasteiger partial charge in [-0.1, -0.05) is 23.7 Å². The van der Waals surface area contributed by atoms with Crippen LogP contribution in [0.3, 0.4) is 0 Å². The lowest BCUT2D eigenvalue weighted by Gasteiger charge is -2.04. The lowest BCUT2D eigenvalue weighted by molar-refractivity contribution is -0.384. The van der Waals surface area contributed by atoms with Crippen molar-refractivity contribution in [3.05, 3.63) is 74.8 Å². The Morgan fingerprint density at radius 3 is 2.48 bits per heavy atom. The van der Waals surface area contributed by atoms with Crippen LogP contribution >= 0.6 is 11.6 Å². The molecule has 8 heteroatoms. The van der Waals surface area contributed by atoms with Gasteiger partial charge in [-0.05, 0) is 29.8 Å². The summed E-state index contributed by atoms with van der Waals surface area (Å²) >= 11 is 5.67. The van der Waals surface area contributed by atoms with Gasteiger partial charge in [-0.2, -0.15) is 0 Å². The predicted octanol–water partition coefficient (Wildman–Crippen LogP) is 4.18. The van der Waals surface area contributed by atoms with Gasteiger partial charge in [0.25, 0.3) is 5.69 Å². The molecule has 2 aromatic rings. The van der Waals surface area contributed by atoms with E-state index >= 15 is 0 Å². The number of hydrogen-bond acceptors (Lipinski definition) is 3. The molecule has 0 bridgehead atoms. The van der Waals surface area contributed by atoms with E-state index in [4.69, 9.17) is 11.6 Å². The van der Waals surface area contributed by atoms with Crippen LogP contribution in [0.4, 0.5) is 20.2 Å². The second-order valence-corrected chi connectivity index (χ2v) is 4.79. The van der Waals surface area contributed by atoms with Gasteiger partial charge in [0.05, 0.1) is 4.92 Å². The van der Waals surface area contributed by atoms with Crippen molar-refractivity contribution in [3.63, 3.8) is 0 Å². The number of carbonyl (C=O) groups excluding carboxylic acids is 1. The molecule has 0 radical (unpaired) electrons. The van der Waals surface area contributed by atoms with Gasteiger partial charge in [0, 0.05) is 12.1 Å². The van der Waals surface area contributed by atoms with Crippen LogP contribution in [-0.4, -0.2) is 10.8 Å². The lowest BCUT2D eigenvalue weighted by Crippen LogP contribution is -2.10. The first-order valence-electron chi connectivity index (χ1n) is 6.25. The highest BCUT2D eigenvalue weighted by Gasteiger charge is 2.12. The minimum Gasteiger partial charge on any atom is -0.318 e. The molecule has 0 unspecified atom stereocenters. The number of nitrogens with zero attached hydrogens (tertiary/aromatic N) is 1. The summed E-state index contributed by atoms with van der Waals surface area (Å²) in [6.45, 7) is 0. The fourth-order valence-corrected chi connectivity index (χ4v) is 1.91. The van der Waals surface area contributed by atoms with Crippen molar-refractivity contribution in [1.29, 1.82) is 0 Å². The van der Waals surface area contributed by atoms with E-state index < -0.39 is 28.2 Å². The topological polar surface area (TPSA) is 72.2 Å². The molecule has 0 saturated carbocycles. The van der Waals surface area contributed by atoms with Crippen LogP contribution in [0.2, 0.25) is 5.02 Å². The molecule has 0 aliphatic rings. The van der Waals surface area contributed by atoms with E-state index in [1.165, 1.54) is 30.3 Å². The number of nitro groups is 1. The zero-order chi connectivity index (χ0) is 17.0. The van der Waals surface area contributed by atoms with Gasteiger partial charge >= 0.3 is 0 Å². The molecule has 0 atom stereocenters. The van der Waals surface area contributed by atoms with E-state index in [2.05, 4.69) is 5.32 Å². The summed E-state index contributed by atoms with van der Waals surface area (Å²) < 4.78 is 26.8. The molecule has 0 fully saturated rings. The van der Waals surface area contributed by atoms with Crippen molar-refractivity contribution in [1.82, 2.24) is 0 Å². The van der Waals surface area contributed by atoms with Crippen LogP contribution in [0, 0.1) is 21.7 Å². The van der Waals surface area contributed by atoms with Crippen molar-refractivity contribution < 1.29 is 18.5 Å². The molecule has 1 amide bonds. The normalized spacial score (nSPS) is 10.7. The summed E-state index contributed by atoms with van der Waals surface area (Å²) in [5.74, 6) is -2.60. The van der Waals surface area contributed by atoms with Crippen molar-refractivity contribution in [2.24, 2.45) is 0 Å². The summed E-state index contributed by atoms with van der Waals surface area (Å²) in [5.41, 5.74) is -0.538. The highest BCUT2D eigenvalue weighted by Crippen LogP contribution is 2.25. The fraction of sp³-hybridized carbons (Fsp3) is 0. The maximum Gasteiger partial charge on any atom is 0.288 e. The molecule has 2 rings (SSSR count). The first kappa shape index (κ1) is 16.6. The monoisotopic (exact) mass is 338 g/mol. The summed E-state index contributed by atoms with van der Waals surface area (Å²) in [7, 11) is 0. The lowest BCUT2D eigenvalue weighted by atomic mass is 10.2. The van der Waals surface area contributed by atoms with Gasteiger partial charge in [0.2, 0.25) is 5.91 Å². The Kier molecular flexibility index (Phi) is 5.02. The Labute approximate surface area is 134 Å². The number of anilines is 1. The Bertz CT molecular complexity index is 789. The maximum atomic E-state index is 13.4. The highest BCUT2D eigenvalue weighted by atomic mass is 35.5. The molecule has 0 spiro atoms. The number of para-hydroxylation sites is 1.